The van der Waals surface area contributed by atoms with E-state index in [0.717, 1.165) is 11.3 Å². The minimum atomic E-state index is -3.58. The Hall–Kier alpha value is -2.23. The molecule has 0 amide bonds. The van der Waals surface area contributed by atoms with Crippen LogP contribution < -0.4 is 0 Å². The Kier molecular flexibility index (Phi) is 6.48. The van der Waals surface area contributed by atoms with E-state index < -0.39 is 10.0 Å². The first kappa shape index (κ1) is 20.5. The molecule has 1 aliphatic heterocycles. The van der Waals surface area contributed by atoms with Crippen LogP contribution in [0.15, 0.2) is 33.7 Å². The molecule has 1 fully saturated rings. The molecular weight excluding hydrogens is 384 g/mol. The molecule has 2 heterocycles. The predicted octanol–water partition coefficient (Wildman–Crippen LogP) is 1.99. The van der Waals surface area contributed by atoms with Gasteiger partial charge in [0.15, 0.2) is 0 Å². The van der Waals surface area contributed by atoms with Gasteiger partial charge in [-0.25, -0.2) is 8.42 Å². The molecule has 9 heteroatoms. The van der Waals surface area contributed by atoms with Crippen LogP contribution in [0.2, 0.25) is 0 Å². The van der Waals surface area contributed by atoms with E-state index in [1.165, 1.54) is 4.31 Å². The van der Waals surface area contributed by atoms with Gasteiger partial charge in [0.05, 0.1) is 23.8 Å². The highest BCUT2D eigenvalue weighted by Crippen LogP contribution is 2.19. The highest BCUT2D eigenvalue weighted by atomic mass is 32.2. The van der Waals surface area contributed by atoms with E-state index in [0.29, 0.717) is 44.0 Å². The van der Waals surface area contributed by atoms with E-state index in [1.807, 2.05) is 6.92 Å². The first-order chi connectivity index (χ1) is 13.4. The zero-order chi connectivity index (χ0) is 20.1. The SMILES string of the molecule is Cc1noc(C)c1CCC(=O)OCc1cccc(S(=O)(=O)N2CCOCC2)c1. The van der Waals surface area contributed by atoms with Crippen molar-refractivity contribution < 1.29 is 27.2 Å². The molecule has 0 spiro atoms. The van der Waals surface area contributed by atoms with Gasteiger partial charge in [-0.05, 0) is 38.0 Å². The Morgan fingerprint density at radius 1 is 1.25 bits per heavy atom. The molecule has 8 nitrogen and oxygen atoms in total. The predicted molar refractivity (Wildman–Crippen MR) is 100 cm³/mol. The van der Waals surface area contributed by atoms with Crippen LogP contribution in [0.5, 0.6) is 0 Å². The summed E-state index contributed by atoms with van der Waals surface area (Å²) >= 11 is 0. The lowest BCUT2D eigenvalue weighted by Crippen LogP contribution is -2.40. The summed E-state index contributed by atoms with van der Waals surface area (Å²) in [4.78, 5) is 12.2. The molecule has 1 aromatic heterocycles. The highest BCUT2D eigenvalue weighted by molar-refractivity contribution is 7.89. The highest BCUT2D eigenvalue weighted by Gasteiger charge is 2.26. The minimum absolute atomic E-state index is 0.0207. The van der Waals surface area contributed by atoms with Crippen LogP contribution in [0.1, 0.15) is 29.0 Å². The van der Waals surface area contributed by atoms with Crippen molar-refractivity contribution in [1.82, 2.24) is 9.46 Å². The lowest BCUT2D eigenvalue weighted by molar-refractivity contribution is -0.144. The van der Waals surface area contributed by atoms with Gasteiger partial charge >= 0.3 is 5.97 Å². The van der Waals surface area contributed by atoms with Crippen LogP contribution in [0.4, 0.5) is 0 Å². The Labute approximate surface area is 164 Å². The third kappa shape index (κ3) is 4.78. The molecule has 0 unspecified atom stereocenters. The van der Waals surface area contributed by atoms with Gasteiger partial charge in [0.1, 0.15) is 12.4 Å². The number of aryl methyl sites for hydroxylation is 2. The number of benzene rings is 1. The molecule has 2 aromatic rings. The first-order valence-corrected chi connectivity index (χ1v) is 10.6. The summed E-state index contributed by atoms with van der Waals surface area (Å²) in [6.45, 7) is 5.11. The van der Waals surface area contributed by atoms with Crippen molar-refractivity contribution in [3.63, 3.8) is 0 Å². The molecule has 0 aliphatic carbocycles. The van der Waals surface area contributed by atoms with Gasteiger partial charge in [0.25, 0.3) is 0 Å². The van der Waals surface area contributed by atoms with E-state index in [9.17, 15) is 13.2 Å². The fraction of sp³-hybridized carbons (Fsp3) is 0.474. The number of nitrogens with zero attached hydrogens (tertiary/aromatic N) is 2. The van der Waals surface area contributed by atoms with Crippen molar-refractivity contribution in [2.75, 3.05) is 26.3 Å². The monoisotopic (exact) mass is 408 g/mol. The summed E-state index contributed by atoms with van der Waals surface area (Å²) in [5.74, 6) is 0.341. The molecule has 0 atom stereocenters. The number of carbonyl (C=O) groups is 1. The molecule has 0 radical (unpaired) electrons. The fourth-order valence-electron chi connectivity index (χ4n) is 3.05. The van der Waals surface area contributed by atoms with Gasteiger partial charge in [-0.15, -0.1) is 0 Å². The summed E-state index contributed by atoms with van der Waals surface area (Å²) < 4.78 is 42.4. The zero-order valence-electron chi connectivity index (χ0n) is 16.0. The van der Waals surface area contributed by atoms with E-state index in [4.69, 9.17) is 14.0 Å². The lowest BCUT2D eigenvalue weighted by atomic mass is 10.1. The van der Waals surface area contributed by atoms with Gasteiger partial charge in [-0.2, -0.15) is 4.31 Å². The molecule has 28 heavy (non-hydrogen) atoms. The van der Waals surface area contributed by atoms with E-state index in [1.54, 1.807) is 31.2 Å². The number of rotatable bonds is 7. The van der Waals surface area contributed by atoms with Crippen molar-refractivity contribution in [3.05, 3.63) is 46.8 Å². The maximum absolute atomic E-state index is 12.7. The Balaban J connectivity index is 1.58. The van der Waals surface area contributed by atoms with Crippen LogP contribution in [0.25, 0.3) is 0 Å². The molecular formula is C19H24N2O6S. The van der Waals surface area contributed by atoms with E-state index >= 15 is 0 Å². The maximum atomic E-state index is 12.7. The van der Waals surface area contributed by atoms with Gasteiger partial charge in [-0.3, -0.25) is 4.79 Å². The first-order valence-electron chi connectivity index (χ1n) is 9.12. The van der Waals surface area contributed by atoms with Crippen LogP contribution >= 0.6 is 0 Å². The van der Waals surface area contributed by atoms with Crippen molar-refractivity contribution in [1.29, 1.82) is 0 Å². The number of esters is 1. The summed E-state index contributed by atoms with van der Waals surface area (Å²) in [5, 5.41) is 3.86. The van der Waals surface area contributed by atoms with Crippen molar-refractivity contribution >= 4 is 16.0 Å². The number of ether oxygens (including phenoxy) is 2. The average molecular weight is 408 g/mol. The molecule has 0 N–H and O–H groups in total. The lowest BCUT2D eigenvalue weighted by Gasteiger charge is -2.26. The molecule has 1 aromatic carbocycles. The summed E-state index contributed by atoms with van der Waals surface area (Å²) in [7, 11) is -3.58. The van der Waals surface area contributed by atoms with Crippen LogP contribution in [0.3, 0.4) is 0 Å². The number of carbonyl (C=O) groups excluding carboxylic acids is 1. The molecule has 0 bridgehead atoms. The Bertz CT molecular complexity index is 912. The molecule has 1 saturated heterocycles. The molecule has 152 valence electrons. The molecule has 1 aliphatic rings. The number of aromatic nitrogens is 1. The number of sulfonamides is 1. The number of hydrogen-bond acceptors (Lipinski definition) is 7. The van der Waals surface area contributed by atoms with Gasteiger partial charge in [0, 0.05) is 25.1 Å². The second-order valence-electron chi connectivity index (χ2n) is 6.63. The Morgan fingerprint density at radius 2 is 2.00 bits per heavy atom. The van der Waals surface area contributed by atoms with Gasteiger partial charge in [-0.1, -0.05) is 17.3 Å². The van der Waals surface area contributed by atoms with Crippen LogP contribution in [-0.2, 0) is 37.3 Å². The molecule has 0 saturated carbocycles. The van der Waals surface area contributed by atoms with Crippen LogP contribution in [0, 0.1) is 13.8 Å². The van der Waals surface area contributed by atoms with Crippen LogP contribution in [-0.4, -0.2) is 50.2 Å². The van der Waals surface area contributed by atoms with Crippen molar-refractivity contribution in [2.24, 2.45) is 0 Å². The van der Waals surface area contributed by atoms with Crippen molar-refractivity contribution in [3.8, 4) is 0 Å². The summed E-state index contributed by atoms with van der Waals surface area (Å²) in [5.41, 5.74) is 2.31. The summed E-state index contributed by atoms with van der Waals surface area (Å²) in [6.07, 6.45) is 0.695. The van der Waals surface area contributed by atoms with E-state index in [-0.39, 0.29) is 23.9 Å². The summed E-state index contributed by atoms with van der Waals surface area (Å²) in [6, 6.07) is 6.49. The van der Waals surface area contributed by atoms with Crippen molar-refractivity contribution in [2.45, 2.75) is 38.2 Å². The number of hydrogen-bond donors (Lipinski definition) is 0. The number of morpholine rings is 1. The van der Waals surface area contributed by atoms with E-state index in [2.05, 4.69) is 5.16 Å². The molecule has 3 rings (SSSR count). The minimum Gasteiger partial charge on any atom is -0.461 e. The average Bonchev–Trinajstić information content (AvgIpc) is 3.03. The smallest absolute Gasteiger partial charge is 0.306 e. The third-order valence-corrected chi connectivity index (χ3v) is 6.56. The second-order valence-corrected chi connectivity index (χ2v) is 8.57. The normalized spacial score (nSPS) is 15.5. The standard InChI is InChI=1S/C19H24N2O6S/c1-14-18(15(2)27-20-14)6-7-19(22)26-13-16-4-3-5-17(12-16)28(23,24)21-8-10-25-11-9-21/h3-5,12H,6-11,13H2,1-2H3. The zero-order valence-corrected chi connectivity index (χ0v) is 16.8. The Morgan fingerprint density at radius 3 is 2.68 bits per heavy atom. The fourth-order valence-corrected chi connectivity index (χ4v) is 4.53. The van der Waals surface area contributed by atoms with Gasteiger partial charge < -0.3 is 14.0 Å². The third-order valence-electron chi connectivity index (χ3n) is 4.67. The maximum Gasteiger partial charge on any atom is 0.306 e. The topological polar surface area (TPSA) is 98.9 Å². The quantitative estimate of drug-likeness (QED) is 0.646. The second kappa shape index (κ2) is 8.85. The largest absolute Gasteiger partial charge is 0.461 e. The van der Waals surface area contributed by atoms with Gasteiger partial charge in [0.2, 0.25) is 10.0 Å².